The van der Waals surface area contributed by atoms with Crippen molar-refractivity contribution in [2.24, 2.45) is 5.92 Å². The molecule has 0 bridgehead atoms. The molecule has 0 saturated heterocycles. The molecule has 0 amide bonds. The zero-order valence-electron chi connectivity index (χ0n) is 8.51. The van der Waals surface area contributed by atoms with Crippen LogP contribution in [0.15, 0.2) is 11.8 Å². The van der Waals surface area contributed by atoms with E-state index in [0.29, 0.717) is 5.92 Å². The van der Waals surface area contributed by atoms with Gasteiger partial charge in [0, 0.05) is 18.9 Å². The van der Waals surface area contributed by atoms with Gasteiger partial charge in [-0.3, -0.25) is 0 Å². The van der Waals surface area contributed by atoms with E-state index in [9.17, 15) is 0 Å². The third-order valence-corrected chi connectivity index (χ3v) is 3.11. The normalized spacial score (nSPS) is 38.0. The van der Waals surface area contributed by atoms with Gasteiger partial charge >= 0.3 is 0 Å². The predicted octanol–water partition coefficient (Wildman–Crippen LogP) is 2.84. The highest BCUT2D eigenvalue weighted by Gasteiger charge is 2.47. The monoisotopic (exact) mass is 182 g/mol. The Labute approximate surface area is 79.9 Å². The smallest absolute Gasteiger partial charge is 0.213 e. The molecule has 1 heterocycles. The molecule has 2 unspecified atom stereocenters. The van der Waals surface area contributed by atoms with Gasteiger partial charge in [0.25, 0.3) is 0 Å². The second-order valence-corrected chi connectivity index (χ2v) is 3.99. The van der Waals surface area contributed by atoms with Gasteiger partial charge in [-0.1, -0.05) is 0 Å². The van der Waals surface area contributed by atoms with Crippen molar-refractivity contribution in [3.63, 3.8) is 0 Å². The fraction of sp³-hybridized carbons (Fsp3) is 0.818. The molecule has 1 aliphatic heterocycles. The van der Waals surface area contributed by atoms with Crippen LogP contribution in [0.1, 0.15) is 39.5 Å². The molecular formula is C11H18O2. The Morgan fingerprint density at radius 1 is 1.69 bits per heavy atom. The fourth-order valence-corrected chi connectivity index (χ4v) is 2.54. The van der Waals surface area contributed by atoms with Gasteiger partial charge in [0.05, 0.1) is 5.76 Å². The Bertz CT molecular complexity index is 222. The van der Waals surface area contributed by atoms with Crippen LogP contribution in [-0.2, 0) is 9.47 Å². The van der Waals surface area contributed by atoms with Crippen molar-refractivity contribution in [1.82, 2.24) is 0 Å². The van der Waals surface area contributed by atoms with Gasteiger partial charge < -0.3 is 9.47 Å². The molecule has 74 valence electrons. The first-order chi connectivity index (χ1) is 6.27. The summed E-state index contributed by atoms with van der Waals surface area (Å²) in [4.78, 5) is 0. The van der Waals surface area contributed by atoms with Gasteiger partial charge in [-0.05, 0) is 39.2 Å². The summed E-state index contributed by atoms with van der Waals surface area (Å²) in [6.45, 7) is 4.82. The summed E-state index contributed by atoms with van der Waals surface area (Å²) in [6, 6.07) is 0. The topological polar surface area (TPSA) is 18.5 Å². The average Bonchev–Trinajstić information content (AvgIpc) is 2.47. The molecule has 1 aliphatic carbocycles. The first-order valence-corrected chi connectivity index (χ1v) is 5.26. The van der Waals surface area contributed by atoms with Crippen LogP contribution in [0, 0.1) is 5.92 Å². The molecule has 0 spiro atoms. The van der Waals surface area contributed by atoms with Crippen molar-refractivity contribution in [2.45, 2.75) is 45.3 Å². The van der Waals surface area contributed by atoms with E-state index in [0.717, 1.165) is 25.2 Å². The SMILES string of the molecule is CCOC12CCCC1CC=C(C)O2. The minimum atomic E-state index is -0.256. The number of hydrogen-bond donors (Lipinski definition) is 0. The standard InChI is InChI=1S/C11H18O2/c1-3-12-11-8-4-5-10(11)7-6-9(2)13-11/h6,10H,3-5,7-8H2,1-2H3. The van der Waals surface area contributed by atoms with E-state index in [1.807, 2.05) is 13.8 Å². The maximum Gasteiger partial charge on any atom is 0.213 e. The third kappa shape index (κ3) is 1.48. The van der Waals surface area contributed by atoms with Crippen molar-refractivity contribution >= 4 is 0 Å². The summed E-state index contributed by atoms with van der Waals surface area (Å²) in [5.41, 5.74) is 0. The van der Waals surface area contributed by atoms with Gasteiger partial charge in [-0.2, -0.15) is 0 Å². The van der Waals surface area contributed by atoms with Crippen LogP contribution >= 0.6 is 0 Å². The molecule has 0 N–H and O–H groups in total. The molecule has 1 fully saturated rings. The number of rotatable bonds is 2. The molecule has 2 atom stereocenters. The zero-order valence-corrected chi connectivity index (χ0v) is 8.51. The highest BCUT2D eigenvalue weighted by Crippen LogP contribution is 2.45. The zero-order chi connectivity index (χ0) is 9.31. The van der Waals surface area contributed by atoms with E-state index < -0.39 is 0 Å². The predicted molar refractivity (Wildman–Crippen MR) is 51.2 cm³/mol. The Morgan fingerprint density at radius 2 is 2.54 bits per heavy atom. The lowest BCUT2D eigenvalue weighted by Gasteiger charge is -2.38. The van der Waals surface area contributed by atoms with Crippen molar-refractivity contribution in [2.75, 3.05) is 6.61 Å². The first kappa shape index (κ1) is 9.07. The second kappa shape index (κ2) is 3.33. The van der Waals surface area contributed by atoms with Crippen LogP contribution in [0.25, 0.3) is 0 Å². The van der Waals surface area contributed by atoms with E-state index in [2.05, 4.69) is 6.08 Å². The first-order valence-electron chi connectivity index (χ1n) is 5.26. The van der Waals surface area contributed by atoms with Crippen LogP contribution in [0.4, 0.5) is 0 Å². The molecule has 0 radical (unpaired) electrons. The molecule has 0 aromatic carbocycles. The van der Waals surface area contributed by atoms with Crippen LogP contribution in [0.3, 0.4) is 0 Å². The van der Waals surface area contributed by atoms with Crippen molar-refractivity contribution in [3.05, 3.63) is 11.8 Å². The van der Waals surface area contributed by atoms with Crippen molar-refractivity contribution in [1.29, 1.82) is 0 Å². The Morgan fingerprint density at radius 3 is 3.31 bits per heavy atom. The maximum atomic E-state index is 5.88. The average molecular weight is 182 g/mol. The number of allylic oxidation sites excluding steroid dienone is 2. The molecular weight excluding hydrogens is 164 g/mol. The highest BCUT2D eigenvalue weighted by atomic mass is 16.7. The van der Waals surface area contributed by atoms with E-state index in [4.69, 9.17) is 9.47 Å². The summed E-state index contributed by atoms with van der Waals surface area (Å²) in [6.07, 6.45) is 6.88. The Kier molecular flexibility index (Phi) is 2.33. The van der Waals surface area contributed by atoms with E-state index in [-0.39, 0.29) is 5.79 Å². The highest BCUT2D eigenvalue weighted by molar-refractivity contribution is 5.03. The minimum absolute atomic E-state index is 0.256. The molecule has 0 aromatic rings. The van der Waals surface area contributed by atoms with Gasteiger partial charge in [-0.25, -0.2) is 0 Å². The third-order valence-electron chi connectivity index (χ3n) is 3.11. The summed E-state index contributed by atoms with van der Waals surface area (Å²) in [7, 11) is 0. The molecule has 0 aromatic heterocycles. The Balaban J connectivity index is 2.16. The van der Waals surface area contributed by atoms with Crippen molar-refractivity contribution < 1.29 is 9.47 Å². The van der Waals surface area contributed by atoms with Gasteiger partial charge in [0.15, 0.2) is 0 Å². The molecule has 2 aliphatic rings. The summed E-state index contributed by atoms with van der Waals surface area (Å²) in [5.74, 6) is 1.37. The Hall–Kier alpha value is -0.500. The lowest BCUT2D eigenvalue weighted by atomic mass is 9.95. The van der Waals surface area contributed by atoms with Crippen LogP contribution < -0.4 is 0 Å². The quantitative estimate of drug-likeness (QED) is 0.653. The summed E-state index contributed by atoms with van der Waals surface area (Å²) in [5, 5.41) is 0. The maximum absolute atomic E-state index is 5.88. The largest absolute Gasteiger partial charge is 0.467 e. The van der Waals surface area contributed by atoms with E-state index >= 15 is 0 Å². The van der Waals surface area contributed by atoms with Gasteiger partial charge in [0.2, 0.25) is 5.79 Å². The fourth-order valence-electron chi connectivity index (χ4n) is 2.54. The lowest BCUT2D eigenvalue weighted by Crippen LogP contribution is -2.41. The molecule has 2 rings (SSSR count). The van der Waals surface area contributed by atoms with Gasteiger partial charge in [0.1, 0.15) is 0 Å². The number of fused-ring (bicyclic) bond motifs is 1. The molecule has 2 heteroatoms. The second-order valence-electron chi connectivity index (χ2n) is 3.99. The molecule has 1 saturated carbocycles. The number of ether oxygens (including phenoxy) is 2. The van der Waals surface area contributed by atoms with E-state index in [1.54, 1.807) is 0 Å². The van der Waals surface area contributed by atoms with E-state index in [1.165, 1.54) is 12.8 Å². The molecule has 13 heavy (non-hydrogen) atoms. The lowest BCUT2D eigenvalue weighted by molar-refractivity contribution is -0.239. The van der Waals surface area contributed by atoms with Crippen LogP contribution in [0.5, 0.6) is 0 Å². The van der Waals surface area contributed by atoms with Crippen LogP contribution in [0.2, 0.25) is 0 Å². The van der Waals surface area contributed by atoms with Crippen molar-refractivity contribution in [3.8, 4) is 0 Å². The summed E-state index contributed by atoms with van der Waals surface area (Å²) < 4.78 is 11.7. The molecule has 2 nitrogen and oxygen atoms in total. The van der Waals surface area contributed by atoms with Gasteiger partial charge in [-0.15, -0.1) is 0 Å². The number of hydrogen-bond acceptors (Lipinski definition) is 2. The summed E-state index contributed by atoms with van der Waals surface area (Å²) >= 11 is 0. The van der Waals surface area contributed by atoms with Crippen LogP contribution in [-0.4, -0.2) is 12.4 Å². The minimum Gasteiger partial charge on any atom is -0.467 e.